The van der Waals surface area contributed by atoms with Gasteiger partial charge in [0.05, 0.1) is 5.70 Å². The molecule has 0 atom stereocenters. The Bertz CT molecular complexity index is 2140. The molecule has 0 bridgehead atoms. The number of allylic oxidation sites excluding steroid dienone is 3. The van der Waals surface area contributed by atoms with E-state index < -0.39 is 40.3 Å². The molecule has 1 aliphatic rings. The Labute approximate surface area is 307 Å². The van der Waals surface area contributed by atoms with Crippen LogP contribution in [0.5, 0.6) is 0 Å². The van der Waals surface area contributed by atoms with Crippen molar-refractivity contribution >= 4 is 23.6 Å². The summed E-state index contributed by atoms with van der Waals surface area (Å²) in [7, 11) is 0. The largest absolute Gasteiger partial charge is 0.425 e. The van der Waals surface area contributed by atoms with Crippen molar-refractivity contribution in [3.63, 3.8) is 0 Å². The summed E-state index contributed by atoms with van der Waals surface area (Å²) in [5.74, 6) is -2.67. The zero-order valence-electron chi connectivity index (χ0n) is 29.0. The second-order valence-electron chi connectivity index (χ2n) is 11.9. The van der Waals surface area contributed by atoms with Gasteiger partial charge in [0.15, 0.2) is 0 Å². The molecule has 6 N–H and O–H groups in total. The quantitative estimate of drug-likeness (QED) is 0.0803. The normalized spacial score (nSPS) is 12.2. The first kappa shape index (κ1) is 39.9. The fourth-order valence-electron chi connectivity index (χ4n) is 5.34. The van der Waals surface area contributed by atoms with Crippen LogP contribution in [0.1, 0.15) is 57.1 Å². The monoisotopic (exact) mass is 748 g/mol. The molecule has 286 valence electrons. The van der Waals surface area contributed by atoms with Crippen LogP contribution in [0.4, 0.5) is 0 Å². The predicted octanol–water partition coefficient (Wildman–Crippen LogP) is 0.233. The molecule has 4 rings (SSSR count). The van der Waals surface area contributed by atoms with Crippen LogP contribution in [0.2, 0.25) is 0 Å². The molecule has 3 aromatic heterocycles. The number of nitrogens with zero attached hydrogens (tertiary/aromatic N) is 6. The standard InChI is InChI=1S/C35H40N8O11/c1-24-10-4-13-27(40(24)51)34(49)38(22-8-18-36-32(47)25-11-5-15-29(44)41(25)52)20-2-3-21-39(35(50)28-14-7-17-31(46)43(28)54)23-9-19-37-33(48)26-12-6-16-30(45)42(26)53/h4-7,10-17,51-54H,1-3,8-9,18-23H2,(H,36,47)(H,37,48). The van der Waals surface area contributed by atoms with E-state index in [1.807, 2.05) is 0 Å². The smallest absolute Gasteiger partial charge is 0.283 e. The number of hydrogen-bond acceptors (Lipinski definition) is 12. The number of hydrogen-bond donors (Lipinski definition) is 6. The van der Waals surface area contributed by atoms with Crippen molar-refractivity contribution in [2.45, 2.75) is 25.7 Å². The summed E-state index contributed by atoms with van der Waals surface area (Å²) in [6.45, 7) is 4.16. The Morgan fingerprint density at radius 1 is 0.593 bits per heavy atom. The minimum atomic E-state index is -0.821. The van der Waals surface area contributed by atoms with Gasteiger partial charge in [0.25, 0.3) is 40.3 Å². The van der Waals surface area contributed by atoms with Crippen LogP contribution in [-0.2, 0) is 4.79 Å². The molecule has 19 nitrogen and oxygen atoms in total. The lowest BCUT2D eigenvalue weighted by atomic mass is 10.2. The molecule has 19 heteroatoms. The Hall–Kier alpha value is -6.89. The first-order valence-corrected chi connectivity index (χ1v) is 16.8. The number of amides is 4. The third-order valence-corrected chi connectivity index (χ3v) is 8.20. The highest BCUT2D eigenvalue weighted by Gasteiger charge is 2.25. The van der Waals surface area contributed by atoms with E-state index in [0.717, 1.165) is 18.2 Å². The summed E-state index contributed by atoms with van der Waals surface area (Å²) in [5.41, 5.74) is -3.16. The molecule has 3 aromatic rings. The number of nitrogens with one attached hydrogen (secondary N) is 2. The first-order chi connectivity index (χ1) is 25.8. The Balaban J connectivity index is 1.40. The van der Waals surface area contributed by atoms with E-state index in [-0.39, 0.29) is 94.8 Å². The molecule has 0 spiro atoms. The molecule has 4 amide bonds. The number of carbonyl (C=O) groups is 4. The van der Waals surface area contributed by atoms with Gasteiger partial charge in [-0.3, -0.25) is 38.8 Å². The van der Waals surface area contributed by atoms with Crippen molar-refractivity contribution < 1.29 is 40.0 Å². The van der Waals surface area contributed by atoms with Gasteiger partial charge in [-0.05, 0) is 56.0 Å². The molecule has 0 saturated heterocycles. The van der Waals surface area contributed by atoms with Gasteiger partial charge in [0, 0.05) is 57.5 Å². The van der Waals surface area contributed by atoms with E-state index >= 15 is 0 Å². The van der Waals surface area contributed by atoms with Gasteiger partial charge in [0.1, 0.15) is 22.8 Å². The van der Waals surface area contributed by atoms with Crippen molar-refractivity contribution in [3.8, 4) is 0 Å². The van der Waals surface area contributed by atoms with Crippen molar-refractivity contribution in [2.24, 2.45) is 0 Å². The zero-order chi connectivity index (χ0) is 39.4. The van der Waals surface area contributed by atoms with E-state index in [9.17, 15) is 54.4 Å². The summed E-state index contributed by atoms with van der Waals surface area (Å²) in [5, 5.41) is 46.2. The van der Waals surface area contributed by atoms with E-state index in [4.69, 9.17) is 0 Å². The average Bonchev–Trinajstić information content (AvgIpc) is 3.15. The lowest BCUT2D eigenvalue weighted by Crippen LogP contribution is -2.41. The minimum absolute atomic E-state index is 0.0262. The topological polar surface area (TPSA) is 249 Å². The highest BCUT2D eigenvalue weighted by atomic mass is 16.5. The Kier molecular flexibility index (Phi) is 13.7. The van der Waals surface area contributed by atoms with Gasteiger partial charge in [-0.2, -0.15) is 0 Å². The Morgan fingerprint density at radius 2 is 1.00 bits per heavy atom. The van der Waals surface area contributed by atoms with Crippen LogP contribution < -0.4 is 27.3 Å². The summed E-state index contributed by atoms with van der Waals surface area (Å²) in [4.78, 5) is 90.3. The van der Waals surface area contributed by atoms with Gasteiger partial charge in [0.2, 0.25) is 0 Å². The molecule has 1 aliphatic heterocycles. The maximum absolute atomic E-state index is 13.6. The summed E-state index contributed by atoms with van der Waals surface area (Å²) in [6, 6.07) is 11.0. The van der Waals surface area contributed by atoms with E-state index in [1.54, 1.807) is 6.08 Å². The SMILES string of the molecule is C=C1C=CC=C(C(=O)N(CCCCN(CCCNC(=O)c2cccc(=O)n2O)C(=O)c2cccc(=O)n2O)CCCNC(=O)c2cccc(=O)n2O)N1O. The van der Waals surface area contributed by atoms with E-state index in [1.165, 1.54) is 58.4 Å². The Morgan fingerprint density at radius 3 is 1.48 bits per heavy atom. The molecule has 0 aliphatic carbocycles. The predicted molar refractivity (Wildman–Crippen MR) is 189 cm³/mol. The lowest BCUT2D eigenvalue weighted by molar-refractivity contribution is -0.133. The van der Waals surface area contributed by atoms with Gasteiger partial charge >= 0.3 is 0 Å². The van der Waals surface area contributed by atoms with Crippen LogP contribution in [0, 0.1) is 0 Å². The molecule has 0 fully saturated rings. The van der Waals surface area contributed by atoms with Gasteiger partial charge in [-0.25, -0.2) is 5.06 Å². The summed E-state index contributed by atoms with van der Waals surface area (Å²) >= 11 is 0. The number of hydroxylamine groups is 2. The summed E-state index contributed by atoms with van der Waals surface area (Å²) < 4.78 is 0.657. The second kappa shape index (κ2) is 18.6. The van der Waals surface area contributed by atoms with Crippen LogP contribution in [0.25, 0.3) is 0 Å². The number of rotatable bonds is 17. The van der Waals surface area contributed by atoms with Gasteiger partial charge < -0.3 is 36.1 Å². The fraction of sp³-hybridized carbons (Fsp3) is 0.286. The molecule has 0 aromatic carbocycles. The zero-order valence-corrected chi connectivity index (χ0v) is 29.0. The molecule has 4 heterocycles. The minimum Gasteiger partial charge on any atom is -0.425 e. The molecule has 0 saturated carbocycles. The number of carbonyl (C=O) groups excluding carboxylic acids is 4. The highest BCUT2D eigenvalue weighted by molar-refractivity contribution is 5.94. The van der Waals surface area contributed by atoms with Crippen LogP contribution in [0.3, 0.4) is 0 Å². The van der Waals surface area contributed by atoms with Gasteiger partial charge in [-0.15, -0.1) is 14.2 Å². The van der Waals surface area contributed by atoms with Crippen LogP contribution in [0.15, 0.2) is 105 Å². The van der Waals surface area contributed by atoms with Crippen molar-refractivity contribution in [3.05, 3.63) is 139 Å². The van der Waals surface area contributed by atoms with Crippen LogP contribution >= 0.6 is 0 Å². The lowest BCUT2D eigenvalue weighted by Gasteiger charge is -2.29. The average molecular weight is 749 g/mol. The molecule has 0 unspecified atom stereocenters. The van der Waals surface area contributed by atoms with Crippen molar-refractivity contribution in [1.29, 1.82) is 0 Å². The van der Waals surface area contributed by atoms with Crippen molar-refractivity contribution in [1.82, 2.24) is 39.7 Å². The maximum Gasteiger partial charge on any atom is 0.283 e. The fourth-order valence-corrected chi connectivity index (χ4v) is 5.34. The molecule has 0 radical (unpaired) electrons. The van der Waals surface area contributed by atoms with Crippen molar-refractivity contribution in [2.75, 3.05) is 39.3 Å². The van der Waals surface area contributed by atoms with Gasteiger partial charge in [-0.1, -0.05) is 30.9 Å². The molecular weight excluding hydrogens is 708 g/mol. The third-order valence-electron chi connectivity index (χ3n) is 8.20. The molecule has 54 heavy (non-hydrogen) atoms. The van der Waals surface area contributed by atoms with E-state index in [0.29, 0.717) is 17.9 Å². The third kappa shape index (κ3) is 9.91. The van der Waals surface area contributed by atoms with E-state index in [2.05, 4.69) is 17.2 Å². The number of aromatic nitrogens is 3. The number of unbranched alkanes of at least 4 members (excludes halogenated alkanes) is 1. The maximum atomic E-state index is 13.6. The number of pyridine rings is 3. The summed E-state index contributed by atoms with van der Waals surface area (Å²) in [6.07, 6.45) is 5.55. The second-order valence-corrected chi connectivity index (χ2v) is 11.9. The van der Waals surface area contributed by atoms with Crippen LogP contribution in [-0.4, -0.2) is 113 Å². The molecular formula is C35H40N8O11. The highest BCUT2D eigenvalue weighted by Crippen LogP contribution is 2.18. The first-order valence-electron chi connectivity index (χ1n) is 16.8.